The Hall–Kier alpha value is -3.04. The smallest absolute Gasteiger partial charge is 0.265 e. The Morgan fingerprint density at radius 2 is 1.88 bits per heavy atom. The molecular weight excluding hydrogens is 463 g/mol. The molecule has 0 saturated heterocycles. The van der Waals surface area contributed by atoms with Gasteiger partial charge in [0.15, 0.2) is 0 Å². The van der Waals surface area contributed by atoms with Gasteiger partial charge in [-0.15, -0.1) is 11.8 Å². The van der Waals surface area contributed by atoms with Crippen molar-refractivity contribution in [3.8, 4) is 5.75 Å². The summed E-state index contributed by atoms with van der Waals surface area (Å²) in [6.45, 7) is 1.90. The summed E-state index contributed by atoms with van der Waals surface area (Å²) >= 11 is 1.42. The fraction of sp³-hybridized carbons (Fsp3) is 0.208. The predicted octanol–water partition coefficient (Wildman–Crippen LogP) is 4.91. The molecule has 4 rings (SSSR count). The number of sulfonamides is 1. The molecule has 9 heteroatoms. The topological polar surface area (TPSA) is 84.5 Å². The second-order valence-corrected chi connectivity index (χ2v) is 10.4. The first-order valence-corrected chi connectivity index (χ1v) is 12.7. The molecular formula is C24H23FN2O4S2. The fourth-order valence-corrected chi connectivity index (χ4v) is 6.03. The number of benzene rings is 3. The number of carbonyl (C=O) groups excluding carboxylic acids is 1. The van der Waals surface area contributed by atoms with Crippen molar-refractivity contribution in [3.63, 3.8) is 0 Å². The van der Waals surface area contributed by atoms with Gasteiger partial charge in [-0.25, -0.2) is 12.8 Å². The van der Waals surface area contributed by atoms with Crippen LogP contribution in [0.2, 0.25) is 0 Å². The van der Waals surface area contributed by atoms with Crippen LogP contribution in [0.15, 0.2) is 70.5 Å². The molecule has 3 aromatic rings. The lowest BCUT2D eigenvalue weighted by atomic mass is 10.0. The van der Waals surface area contributed by atoms with Crippen molar-refractivity contribution in [3.05, 3.63) is 83.2 Å². The summed E-state index contributed by atoms with van der Waals surface area (Å²) in [6.07, 6.45) is 0.642. The molecule has 0 radical (unpaired) electrons. The van der Waals surface area contributed by atoms with Crippen LogP contribution in [0.1, 0.15) is 33.9 Å². The van der Waals surface area contributed by atoms with Crippen molar-refractivity contribution >= 4 is 33.4 Å². The van der Waals surface area contributed by atoms with E-state index in [9.17, 15) is 17.6 Å². The molecule has 1 amide bonds. The molecule has 6 nitrogen and oxygen atoms in total. The highest BCUT2D eigenvalue weighted by Gasteiger charge is 2.26. The molecule has 0 aromatic heterocycles. The Labute approximate surface area is 196 Å². The maximum Gasteiger partial charge on any atom is 0.265 e. The van der Waals surface area contributed by atoms with Gasteiger partial charge in [0.1, 0.15) is 16.5 Å². The van der Waals surface area contributed by atoms with Gasteiger partial charge in [0, 0.05) is 21.9 Å². The molecule has 1 aliphatic heterocycles. The molecule has 1 aliphatic rings. The van der Waals surface area contributed by atoms with Crippen LogP contribution in [-0.2, 0) is 10.0 Å². The standard InChI is InChI=1S/C24H23FN2O4S2/c1-15-6-9-17(10-7-15)27-33(29,30)22-14-16(8-11-21(22)31-2)24(28)26-20-12-13-32-23-18(20)4-3-5-19(23)25/h3-11,14,20,27H,12-13H2,1-2H3,(H,26,28). The van der Waals surface area contributed by atoms with Crippen LogP contribution >= 0.6 is 11.8 Å². The van der Waals surface area contributed by atoms with Gasteiger partial charge in [-0.1, -0.05) is 29.8 Å². The number of nitrogens with one attached hydrogen (secondary N) is 2. The lowest BCUT2D eigenvalue weighted by molar-refractivity contribution is 0.0934. The van der Waals surface area contributed by atoms with Gasteiger partial charge in [-0.05, 0) is 55.3 Å². The van der Waals surface area contributed by atoms with Crippen LogP contribution in [0.4, 0.5) is 10.1 Å². The molecule has 0 fully saturated rings. The van der Waals surface area contributed by atoms with E-state index >= 15 is 0 Å². The van der Waals surface area contributed by atoms with Crippen molar-refractivity contribution < 1.29 is 22.3 Å². The van der Waals surface area contributed by atoms with E-state index < -0.39 is 15.9 Å². The first-order valence-electron chi connectivity index (χ1n) is 10.3. The van der Waals surface area contributed by atoms with Crippen molar-refractivity contribution in [1.82, 2.24) is 5.32 Å². The zero-order valence-corrected chi connectivity index (χ0v) is 19.7. The molecule has 0 bridgehead atoms. The molecule has 2 N–H and O–H groups in total. The fourth-order valence-electron chi connectivity index (χ4n) is 3.64. The molecule has 0 aliphatic carbocycles. The highest BCUT2D eigenvalue weighted by Crippen LogP contribution is 2.38. The number of thioether (sulfide) groups is 1. The predicted molar refractivity (Wildman–Crippen MR) is 127 cm³/mol. The minimum absolute atomic E-state index is 0.118. The van der Waals surface area contributed by atoms with Gasteiger partial charge >= 0.3 is 0 Å². The summed E-state index contributed by atoms with van der Waals surface area (Å²) in [6, 6.07) is 15.6. The van der Waals surface area contributed by atoms with Crippen molar-refractivity contribution in [1.29, 1.82) is 0 Å². The maximum absolute atomic E-state index is 14.2. The third-order valence-electron chi connectivity index (χ3n) is 5.35. The summed E-state index contributed by atoms with van der Waals surface area (Å²) in [5.41, 5.74) is 2.28. The SMILES string of the molecule is COc1ccc(C(=O)NC2CCSc3c(F)cccc32)cc1S(=O)(=O)Nc1ccc(C)cc1. The molecule has 1 heterocycles. The molecule has 1 unspecified atom stereocenters. The summed E-state index contributed by atoms with van der Waals surface area (Å²) in [5.74, 6) is 0.0300. The lowest BCUT2D eigenvalue weighted by Crippen LogP contribution is -2.31. The average Bonchev–Trinajstić information content (AvgIpc) is 2.80. The zero-order valence-electron chi connectivity index (χ0n) is 18.1. The summed E-state index contributed by atoms with van der Waals surface area (Å²) < 4.78 is 48.0. The molecule has 0 saturated carbocycles. The van der Waals surface area contributed by atoms with E-state index in [1.54, 1.807) is 36.4 Å². The molecule has 1 atom stereocenters. The Morgan fingerprint density at radius 1 is 1.12 bits per heavy atom. The number of halogens is 1. The van der Waals surface area contributed by atoms with E-state index in [-0.39, 0.29) is 28.1 Å². The number of carbonyl (C=O) groups is 1. The molecule has 172 valence electrons. The van der Waals surface area contributed by atoms with Crippen LogP contribution in [-0.4, -0.2) is 27.2 Å². The van der Waals surface area contributed by atoms with Gasteiger partial charge in [0.05, 0.1) is 13.2 Å². The Kier molecular flexibility index (Phi) is 6.62. The first kappa shape index (κ1) is 23.1. The third-order valence-corrected chi connectivity index (χ3v) is 7.91. The summed E-state index contributed by atoms with van der Waals surface area (Å²) in [4.78, 5) is 13.4. The molecule has 0 spiro atoms. The van der Waals surface area contributed by atoms with Crippen LogP contribution in [0.3, 0.4) is 0 Å². The number of methoxy groups -OCH3 is 1. The second-order valence-electron chi connectivity index (χ2n) is 7.66. The maximum atomic E-state index is 14.2. The monoisotopic (exact) mass is 486 g/mol. The minimum atomic E-state index is -4.02. The number of fused-ring (bicyclic) bond motifs is 1. The molecule has 33 heavy (non-hydrogen) atoms. The Bertz CT molecular complexity index is 1290. The number of ether oxygens (including phenoxy) is 1. The van der Waals surface area contributed by atoms with Gasteiger partial charge < -0.3 is 10.1 Å². The Morgan fingerprint density at radius 3 is 2.61 bits per heavy atom. The van der Waals surface area contributed by atoms with Crippen LogP contribution in [0.25, 0.3) is 0 Å². The van der Waals surface area contributed by atoms with E-state index in [1.165, 1.54) is 43.1 Å². The average molecular weight is 487 g/mol. The van der Waals surface area contributed by atoms with Crippen molar-refractivity contribution in [2.45, 2.75) is 29.2 Å². The number of aryl methyl sites for hydroxylation is 1. The van der Waals surface area contributed by atoms with Gasteiger partial charge in [0.2, 0.25) is 0 Å². The minimum Gasteiger partial charge on any atom is -0.495 e. The summed E-state index contributed by atoms with van der Waals surface area (Å²) in [5, 5.41) is 2.92. The highest BCUT2D eigenvalue weighted by molar-refractivity contribution is 7.99. The van der Waals surface area contributed by atoms with Crippen LogP contribution in [0.5, 0.6) is 5.75 Å². The number of hydrogen-bond acceptors (Lipinski definition) is 5. The van der Waals surface area contributed by atoms with E-state index in [0.29, 0.717) is 22.8 Å². The number of amides is 1. The zero-order chi connectivity index (χ0) is 23.6. The Balaban J connectivity index is 1.61. The normalized spacial score (nSPS) is 15.4. The van der Waals surface area contributed by atoms with Crippen LogP contribution < -0.4 is 14.8 Å². The van der Waals surface area contributed by atoms with Crippen molar-refractivity contribution in [2.75, 3.05) is 17.6 Å². The number of anilines is 1. The number of rotatable bonds is 6. The van der Waals surface area contributed by atoms with Crippen LogP contribution in [0, 0.1) is 12.7 Å². The lowest BCUT2D eigenvalue weighted by Gasteiger charge is -2.26. The first-order chi connectivity index (χ1) is 15.8. The van der Waals surface area contributed by atoms with E-state index in [0.717, 1.165) is 11.1 Å². The van der Waals surface area contributed by atoms with Gasteiger partial charge in [-0.2, -0.15) is 0 Å². The molecule has 3 aromatic carbocycles. The quantitative estimate of drug-likeness (QED) is 0.517. The van der Waals surface area contributed by atoms with E-state index in [1.807, 2.05) is 6.92 Å². The van der Waals surface area contributed by atoms with Gasteiger partial charge in [0.25, 0.3) is 15.9 Å². The summed E-state index contributed by atoms with van der Waals surface area (Å²) in [7, 11) is -2.65. The second kappa shape index (κ2) is 9.44. The van der Waals surface area contributed by atoms with Crippen molar-refractivity contribution in [2.24, 2.45) is 0 Å². The third kappa shape index (κ3) is 4.99. The van der Waals surface area contributed by atoms with Gasteiger partial charge in [-0.3, -0.25) is 9.52 Å². The van der Waals surface area contributed by atoms with E-state index in [4.69, 9.17) is 4.74 Å². The van der Waals surface area contributed by atoms with E-state index in [2.05, 4.69) is 10.0 Å². The largest absolute Gasteiger partial charge is 0.495 e. The highest BCUT2D eigenvalue weighted by atomic mass is 32.2. The number of hydrogen-bond donors (Lipinski definition) is 2.